The fourth-order valence-electron chi connectivity index (χ4n) is 6.86. The maximum absolute atomic E-state index is 12.1. The summed E-state index contributed by atoms with van der Waals surface area (Å²) in [6.07, 6.45) is 5.38. The van der Waals surface area contributed by atoms with E-state index < -0.39 is 5.97 Å². The zero-order chi connectivity index (χ0) is 38.3. The Kier molecular flexibility index (Phi) is 11.5. The fraction of sp³-hybridized carbons (Fsp3) is 0.106. The molecular formula is C47H38Cl2N2O4. The Labute approximate surface area is 329 Å². The van der Waals surface area contributed by atoms with Crippen molar-refractivity contribution in [2.24, 2.45) is 0 Å². The van der Waals surface area contributed by atoms with Crippen LogP contribution in [0.1, 0.15) is 54.1 Å². The average molecular weight is 766 g/mol. The predicted octanol–water partition coefficient (Wildman–Crippen LogP) is 11.4. The van der Waals surface area contributed by atoms with Crippen LogP contribution in [-0.4, -0.2) is 33.3 Å². The standard InChI is InChI=1S/C24H20ClNO2.C23H18ClNO2/c1-28-24(27)22-15-21(25)10-9-20(22)13-18-7-8-19-11-12-26(23(19)14-18)16-17-5-3-2-4-6-17;24-20-9-8-19(21(14-20)23(26)27)12-17-6-7-18-10-11-25(22(18)13-17)15-16-4-2-1-3-5-16/h2-12,14-15H,13,16H2,1H3;1-11,13-14H,12,15H2,(H,26,27). The number of esters is 1. The van der Waals surface area contributed by atoms with Gasteiger partial charge in [0, 0.05) is 46.6 Å². The van der Waals surface area contributed by atoms with Gasteiger partial charge < -0.3 is 19.0 Å². The monoisotopic (exact) mass is 764 g/mol. The number of hydrogen-bond acceptors (Lipinski definition) is 3. The molecule has 274 valence electrons. The van der Waals surface area contributed by atoms with Gasteiger partial charge in [0.05, 0.1) is 18.2 Å². The number of aromatic nitrogens is 2. The topological polar surface area (TPSA) is 73.5 Å². The van der Waals surface area contributed by atoms with Gasteiger partial charge >= 0.3 is 11.9 Å². The smallest absolute Gasteiger partial charge is 0.338 e. The van der Waals surface area contributed by atoms with Crippen LogP contribution in [0.4, 0.5) is 0 Å². The molecule has 8 rings (SSSR count). The van der Waals surface area contributed by atoms with Crippen molar-refractivity contribution in [2.45, 2.75) is 25.9 Å². The first-order chi connectivity index (χ1) is 26.7. The van der Waals surface area contributed by atoms with Gasteiger partial charge in [-0.3, -0.25) is 0 Å². The van der Waals surface area contributed by atoms with Crippen LogP contribution in [0.3, 0.4) is 0 Å². The summed E-state index contributed by atoms with van der Waals surface area (Å²) in [5.74, 6) is -1.33. The molecule has 0 radical (unpaired) electrons. The van der Waals surface area contributed by atoms with E-state index in [1.54, 1.807) is 24.3 Å². The Morgan fingerprint density at radius 2 is 1.00 bits per heavy atom. The molecule has 8 aromatic rings. The normalized spacial score (nSPS) is 11.0. The molecule has 8 heteroatoms. The highest BCUT2D eigenvalue weighted by Gasteiger charge is 2.15. The van der Waals surface area contributed by atoms with Crippen molar-refractivity contribution in [3.05, 3.63) is 213 Å². The molecule has 0 aliphatic rings. The molecule has 0 atom stereocenters. The second kappa shape index (κ2) is 16.9. The van der Waals surface area contributed by atoms with Gasteiger partial charge in [-0.05, 0) is 106 Å². The van der Waals surface area contributed by atoms with E-state index in [0.717, 1.165) is 40.9 Å². The lowest BCUT2D eigenvalue weighted by atomic mass is 9.99. The quantitative estimate of drug-likeness (QED) is 0.141. The number of aromatic carboxylic acids is 1. The van der Waals surface area contributed by atoms with Crippen molar-refractivity contribution in [3.8, 4) is 0 Å². The number of halogens is 2. The number of carboxylic acid groups (broad SMARTS) is 1. The molecule has 0 fully saturated rings. The minimum Gasteiger partial charge on any atom is -0.478 e. The summed E-state index contributed by atoms with van der Waals surface area (Å²) < 4.78 is 9.37. The van der Waals surface area contributed by atoms with E-state index >= 15 is 0 Å². The largest absolute Gasteiger partial charge is 0.478 e. The first kappa shape index (κ1) is 37.2. The molecule has 1 N–H and O–H groups in total. The minimum atomic E-state index is -0.957. The summed E-state index contributed by atoms with van der Waals surface area (Å²) >= 11 is 12.0. The van der Waals surface area contributed by atoms with E-state index in [4.69, 9.17) is 27.9 Å². The summed E-state index contributed by atoms with van der Waals surface area (Å²) in [4.78, 5) is 23.6. The third kappa shape index (κ3) is 9.01. The summed E-state index contributed by atoms with van der Waals surface area (Å²) in [5.41, 5.74) is 9.44. The number of fused-ring (bicyclic) bond motifs is 2. The number of carbonyl (C=O) groups excluding carboxylic acids is 1. The maximum Gasteiger partial charge on any atom is 0.338 e. The summed E-state index contributed by atoms with van der Waals surface area (Å²) in [6, 6.07) is 48.1. The number of ether oxygens (including phenoxy) is 1. The van der Waals surface area contributed by atoms with Crippen LogP contribution >= 0.6 is 23.2 Å². The predicted molar refractivity (Wildman–Crippen MR) is 222 cm³/mol. The number of carboxylic acids is 1. The highest BCUT2D eigenvalue weighted by molar-refractivity contribution is 6.31. The molecule has 0 aliphatic carbocycles. The highest BCUT2D eigenvalue weighted by Crippen LogP contribution is 2.26. The third-order valence-electron chi connectivity index (χ3n) is 9.64. The molecular weight excluding hydrogens is 727 g/mol. The number of nitrogens with zero attached hydrogens (tertiary/aromatic N) is 2. The van der Waals surface area contributed by atoms with Crippen molar-refractivity contribution in [1.29, 1.82) is 0 Å². The van der Waals surface area contributed by atoms with Gasteiger partial charge in [-0.15, -0.1) is 0 Å². The van der Waals surface area contributed by atoms with Gasteiger partial charge in [0.2, 0.25) is 0 Å². The zero-order valence-corrected chi connectivity index (χ0v) is 31.7. The maximum atomic E-state index is 12.1. The van der Waals surface area contributed by atoms with Crippen molar-refractivity contribution < 1.29 is 19.4 Å². The molecule has 0 amide bonds. The molecule has 0 bridgehead atoms. The second-order valence-electron chi connectivity index (χ2n) is 13.4. The Hall–Kier alpha value is -6.08. The summed E-state index contributed by atoms with van der Waals surface area (Å²) in [6.45, 7) is 1.62. The van der Waals surface area contributed by atoms with E-state index in [0.29, 0.717) is 28.5 Å². The Morgan fingerprint density at radius 3 is 1.45 bits per heavy atom. The van der Waals surface area contributed by atoms with Gasteiger partial charge in [-0.1, -0.05) is 120 Å². The number of carbonyl (C=O) groups is 2. The van der Waals surface area contributed by atoms with Crippen LogP contribution in [0.15, 0.2) is 158 Å². The van der Waals surface area contributed by atoms with Crippen LogP contribution < -0.4 is 0 Å². The Bertz CT molecular complexity index is 2610. The van der Waals surface area contributed by atoms with E-state index in [-0.39, 0.29) is 11.5 Å². The number of hydrogen-bond donors (Lipinski definition) is 1. The molecule has 6 nitrogen and oxygen atoms in total. The zero-order valence-electron chi connectivity index (χ0n) is 30.2. The number of rotatable bonds is 10. The van der Waals surface area contributed by atoms with Gasteiger partial charge in [0.25, 0.3) is 0 Å². The number of methoxy groups -OCH3 is 1. The molecule has 6 aromatic carbocycles. The van der Waals surface area contributed by atoms with Crippen LogP contribution in [0, 0.1) is 0 Å². The molecule has 55 heavy (non-hydrogen) atoms. The molecule has 0 saturated heterocycles. The van der Waals surface area contributed by atoms with Gasteiger partial charge in [0.1, 0.15) is 0 Å². The lowest BCUT2D eigenvalue weighted by molar-refractivity contribution is 0.0598. The van der Waals surface area contributed by atoms with Crippen molar-refractivity contribution in [1.82, 2.24) is 9.13 Å². The van der Waals surface area contributed by atoms with E-state index in [9.17, 15) is 14.7 Å². The minimum absolute atomic E-state index is 0.252. The number of benzene rings is 6. The molecule has 0 spiro atoms. The van der Waals surface area contributed by atoms with Crippen molar-refractivity contribution in [3.63, 3.8) is 0 Å². The van der Waals surface area contributed by atoms with Gasteiger partial charge in [-0.25, -0.2) is 9.59 Å². The van der Waals surface area contributed by atoms with E-state index in [2.05, 4.69) is 106 Å². The van der Waals surface area contributed by atoms with Crippen molar-refractivity contribution in [2.75, 3.05) is 7.11 Å². The molecule has 2 aromatic heterocycles. The first-order valence-electron chi connectivity index (χ1n) is 17.9. The Balaban J connectivity index is 0.000000169. The SMILES string of the molecule is COC(=O)c1cc(Cl)ccc1Cc1ccc2ccn(Cc3ccccc3)c2c1.O=C(O)c1cc(Cl)ccc1Cc1ccc2ccn(Cc3ccccc3)c2c1. The molecule has 2 heterocycles. The lowest BCUT2D eigenvalue weighted by Gasteiger charge is -2.10. The summed E-state index contributed by atoms with van der Waals surface area (Å²) in [7, 11) is 1.38. The molecule has 0 unspecified atom stereocenters. The second-order valence-corrected chi connectivity index (χ2v) is 14.3. The van der Waals surface area contributed by atoms with E-state index in [1.807, 2.05) is 30.3 Å². The van der Waals surface area contributed by atoms with Crippen LogP contribution in [0.5, 0.6) is 0 Å². The van der Waals surface area contributed by atoms with Crippen LogP contribution in [0.25, 0.3) is 21.8 Å². The Morgan fingerprint density at radius 1 is 0.545 bits per heavy atom. The molecule has 0 aliphatic heterocycles. The van der Waals surface area contributed by atoms with Gasteiger partial charge in [-0.2, -0.15) is 0 Å². The first-order valence-corrected chi connectivity index (χ1v) is 18.6. The van der Waals surface area contributed by atoms with Gasteiger partial charge in [0.15, 0.2) is 0 Å². The molecule has 0 saturated carbocycles. The van der Waals surface area contributed by atoms with Crippen LogP contribution in [-0.2, 0) is 30.7 Å². The highest BCUT2D eigenvalue weighted by atomic mass is 35.5. The van der Waals surface area contributed by atoms with E-state index in [1.165, 1.54) is 40.6 Å². The third-order valence-corrected chi connectivity index (χ3v) is 10.1. The van der Waals surface area contributed by atoms with Crippen LogP contribution in [0.2, 0.25) is 10.0 Å². The lowest BCUT2D eigenvalue weighted by Crippen LogP contribution is -2.06. The van der Waals surface area contributed by atoms with Crippen molar-refractivity contribution >= 4 is 56.9 Å². The average Bonchev–Trinajstić information content (AvgIpc) is 3.79. The summed E-state index contributed by atoms with van der Waals surface area (Å²) in [5, 5.41) is 12.8. The fourth-order valence-corrected chi connectivity index (χ4v) is 7.20.